The van der Waals surface area contributed by atoms with Crippen LogP contribution in [-0.4, -0.2) is 47.5 Å². The van der Waals surface area contributed by atoms with Crippen LogP contribution in [0, 0.1) is 6.92 Å². The summed E-state index contributed by atoms with van der Waals surface area (Å²) in [5, 5.41) is 3.34. The lowest BCUT2D eigenvalue weighted by molar-refractivity contribution is 0.0980. The van der Waals surface area contributed by atoms with Crippen molar-refractivity contribution < 1.29 is 9.47 Å². The summed E-state index contributed by atoms with van der Waals surface area (Å²) in [7, 11) is 1.70. The van der Waals surface area contributed by atoms with Crippen molar-refractivity contribution in [1.29, 1.82) is 0 Å². The molecule has 0 saturated carbocycles. The largest absolute Gasteiger partial charge is 0.383 e. The number of fused-ring (bicyclic) bond motifs is 1. The van der Waals surface area contributed by atoms with Crippen LogP contribution < -0.4 is 5.32 Å². The van der Waals surface area contributed by atoms with Crippen LogP contribution in [0.3, 0.4) is 0 Å². The molecule has 114 valence electrons. The molecule has 0 spiro atoms. The van der Waals surface area contributed by atoms with Crippen LogP contribution in [0.1, 0.15) is 18.7 Å². The summed E-state index contributed by atoms with van der Waals surface area (Å²) < 4.78 is 13.0. The van der Waals surface area contributed by atoms with Crippen LogP contribution in [0.25, 0.3) is 11.0 Å². The number of nitrogens with zero attached hydrogens (tertiary/aromatic N) is 3. The Labute approximate surface area is 124 Å². The quantitative estimate of drug-likeness (QED) is 0.824. The second-order valence-electron chi connectivity index (χ2n) is 5.38. The summed E-state index contributed by atoms with van der Waals surface area (Å²) in [6.07, 6.45) is 4.65. The summed E-state index contributed by atoms with van der Waals surface area (Å²) in [5.41, 5.74) is 2.02. The molecule has 2 aromatic heterocycles. The normalized spacial score (nSPS) is 18.5. The summed E-state index contributed by atoms with van der Waals surface area (Å²) in [6, 6.07) is 2.04. The Bertz CT molecular complexity index is 605. The lowest BCUT2D eigenvalue weighted by atomic mass is 10.2. The molecule has 0 aromatic carbocycles. The first-order valence-corrected chi connectivity index (χ1v) is 7.46. The minimum Gasteiger partial charge on any atom is -0.383 e. The van der Waals surface area contributed by atoms with Crippen molar-refractivity contribution in [2.45, 2.75) is 32.4 Å². The number of hydrogen-bond donors (Lipinski definition) is 1. The van der Waals surface area contributed by atoms with Crippen LogP contribution >= 0.6 is 0 Å². The average Bonchev–Trinajstić information content (AvgIpc) is 3.10. The predicted molar refractivity (Wildman–Crippen MR) is 81.6 cm³/mol. The molecule has 0 radical (unpaired) electrons. The molecule has 1 aliphatic heterocycles. The maximum absolute atomic E-state index is 5.74. The molecule has 2 aromatic rings. The number of hydrogen-bond acceptors (Lipinski definition) is 5. The summed E-state index contributed by atoms with van der Waals surface area (Å²) >= 11 is 0. The maximum atomic E-state index is 5.74. The van der Waals surface area contributed by atoms with Gasteiger partial charge in [0.2, 0.25) is 0 Å². The van der Waals surface area contributed by atoms with E-state index in [9.17, 15) is 0 Å². The first-order valence-electron chi connectivity index (χ1n) is 7.46. The van der Waals surface area contributed by atoms with Gasteiger partial charge >= 0.3 is 0 Å². The van der Waals surface area contributed by atoms with Gasteiger partial charge in [-0.05, 0) is 25.8 Å². The molecule has 6 heteroatoms. The molecular formula is C15H22N4O2. The molecule has 0 unspecified atom stereocenters. The van der Waals surface area contributed by atoms with Crippen molar-refractivity contribution in [3.63, 3.8) is 0 Å². The molecular weight excluding hydrogens is 268 g/mol. The first-order chi connectivity index (χ1) is 10.3. The van der Waals surface area contributed by atoms with Crippen LogP contribution in [-0.2, 0) is 16.0 Å². The fourth-order valence-electron chi connectivity index (χ4n) is 2.78. The van der Waals surface area contributed by atoms with Gasteiger partial charge in [0, 0.05) is 33.0 Å². The molecule has 3 heterocycles. The third-order valence-electron chi connectivity index (χ3n) is 3.75. The summed E-state index contributed by atoms with van der Waals surface area (Å²) in [6.45, 7) is 5.02. The molecule has 21 heavy (non-hydrogen) atoms. The zero-order valence-electron chi connectivity index (χ0n) is 12.6. The van der Waals surface area contributed by atoms with Gasteiger partial charge in [-0.3, -0.25) is 0 Å². The van der Waals surface area contributed by atoms with E-state index >= 15 is 0 Å². The Kier molecular flexibility index (Phi) is 4.36. The predicted octanol–water partition coefficient (Wildman–Crippen LogP) is 1.98. The number of anilines is 1. The molecule has 3 rings (SSSR count). The van der Waals surface area contributed by atoms with Crippen molar-refractivity contribution in [2.24, 2.45) is 0 Å². The lowest BCUT2D eigenvalue weighted by Gasteiger charge is -2.14. The number of aromatic nitrogens is 3. The molecule has 1 fully saturated rings. The van der Waals surface area contributed by atoms with E-state index in [-0.39, 0.29) is 0 Å². The standard InChI is InChI=1S/C15H22N4O2/c1-11-17-13-5-7-19(10-12-4-3-8-21-12)14(13)15(18-11)16-6-9-20-2/h5,7,12H,3-4,6,8-10H2,1-2H3,(H,16,17,18)/t12-/m1/s1. The van der Waals surface area contributed by atoms with Gasteiger partial charge in [-0.1, -0.05) is 0 Å². The molecule has 1 aliphatic rings. The van der Waals surface area contributed by atoms with E-state index in [0.717, 1.165) is 55.2 Å². The SMILES string of the molecule is COCCNc1nc(C)nc2ccn(C[C@H]3CCCO3)c12. The fraction of sp³-hybridized carbons (Fsp3) is 0.600. The van der Waals surface area contributed by atoms with E-state index in [1.807, 2.05) is 13.0 Å². The Morgan fingerprint density at radius 2 is 2.38 bits per heavy atom. The van der Waals surface area contributed by atoms with E-state index in [2.05, 4.69) is 26.0 Å². The third kappa shape index (κ3) is 3.16. The topological polar surface area (TPSA) is 61.2 Å². The summed E-state index contributed by atoms with van der Waals surface area (Å²) in [5.74, 6) is 1.65. The first kappa shape index (κ1) is 14.3. The molecule has 6 nitrogen and oxygen atoms in total. The molecule has 0 aliphatic carbocycles. The number of aryl methyl sites for hydroxylation is 1. The minimum absolute atomic E-state index is 0.300. The molecule has 1 saturated heterocycles. The van der Waals surface area contributed by atoms with E-state index in [1.54, 1.807) is 7.11 Å². The number of ether oxygens (including phenoxy) is 2. The van der Waals surface area contributed by atoms with Crippen molar-refractivity contribution >= 4 is 16.9 Å². The smallest absolute Gasteiger partial charge is 0.154 e. The van der Waals surface area contributed by atoms with Gasteiger partial charge in [-0.2, -0.15) is 0 Å². The van der Waals surface area contributed by atoms with Crippen LogP contribution in [0.15, 0.2) is 12.3 Å². The highest BCUT2D eigenvalue weighted by Crippen LogP contribution is 2.24. The highest BCUT2D eigenvalue weighted by molar-refractivity contribution is 5.86. The Hall–Kier alpha value is -1.66. The van der Waals surface area contributed by atoms with Crippen molar-refractivity contribution in [1.82, 2.24) is 14.5 Å². The maximum Gasteiger partial charge on any atom is 0.154 e. The van der Waals surface area contributed by atoms with Crippen LogP contribution in [0.4, 0.5) is 5.82 Å². The Balaban J connectivity index is 1.89. The zero-order valence-corrected chi connectivity index (χ0v) is 12.6. The highest BCUT2D eigenvalue weighted by Gasteiger charge is 2.18. The van der Waals surface area contributed by atoms with Gasteiger partial charge < -0.3 is 19.4 Å². The Morgan fingerprint density at radius 3 is 3.14 bits per heavy atom. The minimum atomic E-state index is 0.300. The summed E-state index contributed by atoms with van der Waals surface area (Å²) in [4.78, 5) is 9.06. The molecule has 0 bridgehead atoms. The third-order valence-corrected chi connectivity index (χ3v) is 3.75. The van der Waals surface area contributed by atoms with Gasteiger partial charge in [-0.25, -0.2) is 9.97 Å². The number of methoxy groups -OCH3 is 1. The van der Waals surface area contributed by atoms with Crippen molar-refractivity contribution in [3.05, 3.63) is 18.1 Å². The monoisotopic (exact) mass is 290 g/mol. The van der Waals surface area contributed by atoms with E-state index < -0.39 is 0 Å². The van der Waals surface area contributed by atoms with Gasteiger partial charge in [0.05, 0.1) is 18.2 Å². The van der Waals surface area contributed by atoms with Crippen molar-refractivity contribution in [3.8, 4) is 0 Å². The number of rotatable bonds is 6. The zero-order chi connectivity index (χ0) is 14.7. The lowest BCUT2D eigenvalue weighted by Crippen LogP contribution is -2.16. The highest BCUT2D eigenvalue weighted by atomic mass is 16.5. The van der Waals surface area contributed by atoms with Gasteiger partial charge in [0.25, 0.3) is 0 Å². The second kappa shape index (κ2) is 6.41. The van der Waals surface area contributed by atoms with Gasteiger partial charge in [0.15, 0.2) is 5.82 Å². The van der Waals surface area contributed by atoms with Gasteiger partial charge in [0.1, 0.15) is 11.3 Å². The Morgan fingerprint density at radius 1 is 1.48 bits per heavy atom. The van der Waals surface area contributed by atoms with Crippen LogP contribution in [0.2, 0.25) is 0 Å². The van der Waals surface area contributed by atoms with E-state index in [1.165, 1.54) is 0 Å². The molecule has 0 amide bonds. The second-order valence-corrected chi connectivity index (χ2v) is 5.38. The molecule has 1 N–H and O–H groups in total. The van der Waals surface area contributed by atoms with Gasteiger partial charge in [-0.15, -0.1) is 0 Å². The average molecular weight is 290 g/mol. The number of nitrogens with one attached hydrogen (secondary N) is 1. The fourth-order valence-corrected chi connectivity index (χ4v) is 2.78. The molecule has 1 atom stereocenters. The van der Waals surface area contributed by atoms with Crippen molar-refractivity contribution in [2.75, 3.05) is 32.2 Å². The van der Waals surface area contributed by atoms with E-state index in [0.29, 0.717) is 12.7 Å². The van der Waals surface area contributed by atoms with E-state index in [4.69, 9.17) is 9.47 Å². The van der Waals surface area contributed by atoms with Crippen LogP contribution in [0.5, 0.6) is 0 Å².